The first-order chi connectivity index (χ1) is 9.74. The summed E-state index contributed by atoms with van der Waals surface area (Å²) in [6, 6.07) is 14.8. The van der Waals surface area contributed by atoms with Gasteiger partial charge >= 0.3 is 0 Å². The van der Waals surface area contributed by atoms with Crippen molar-refractivity contribution in [2.24, 2.45) is 5.10 Å². The molecular weight excluding hydrogens is 259 g/mol. The maximum absolute atomic E-state index is 12.7. The smallest absolute Gasteiger partial charge is 0.277 e. The zero-order valence-corrected chi connectivity index (χ0v) is 10.6. The van der Waals surface area contributed by atoms with Gasteiger partial charge in [0.2, 0.25) is 0 Å². The molecule has 2 aromatic rings. The van der Waals surface area contributed by atoms with Gasteiger partial charge in [-0.25, -0.2) is 9.82 Å². The van der Waals surface area contributed by atoms with Crippen LogP contribution in [0.4, 0.5) is 4.39 Å². The number of halogens is 1. The van der Waals surface area contributed by atoms with E-state index in [1.54, 1.807) is 24.3 Å². The van der Waals surface area contributed by atoms with E-state index >= 15 is 0 Å². The molecule has 0 radical (unpaired) electrons. The molecule has 1 amide bonds. The van der Waals surface area contributed by atoms with E-state index in [9.17, 15) is 9.18 Å². The van der Waals surface area contributed by atoms with Crippen molar-refractivity contribution in [3.8, 4) is 5.75 Å². The summed E-state index contributed by atoms with van der Waals surface area (Å²) in [6.45, 7) is -0.120. The van der Waals surface area contributed by atoms with Crippen LogP contribution in [0, 0.1) is 5.82 Å². The number of rotatable bonds is 5. The lowest BCUT2D eigenvalue weighted by Gasteiger charge is -2.04. The number of para-hydroxylation sites is 1. The molecule has 0 aromatic heterocycles. The molecule has 0 fully saturated rings. The van der Waals surface area contributed by atoms with Crippen molar-refractivity contribution in [1.29, 1.82) is 0 Å². The van der Waals surface area contributed by atoms with Crippen molar-refractivity contribution in [2.75, 3.05) is 6.61 Å². The molecule has 1 N–H and O–H groups in total. The fourth-order valence-electron chi connectivity index (χ4n) is 1.43. The summed E-state index contributed by atoms with van der Waals surface area (Å²) in [5, 5.41) is 3.76. The zero-order valence-electron chi connectivity index (χ0n) is 10.6. The van der Waals surface area contributed by atoms with Gasteiger partial charge in [-0.15, -0.1) is 0 Å². The quantitative estimate of drug-likeness (QED) is 0.671. The van der Waals surface area contributed by atoms with Crippen molar-refractivity contribution in [3.63, 3.8) is 0 Å². The minimum absolute atomic E-state index is 0.120. The SMILES string of the molecule is O=C(COc1ccccc1)N/N=C/c1ccc(F)cc1. The standard InChI is InChI=1S/C15H13FN2O2/c16-13-8-6-12(7-9-13)10-17-18-15(19)11-20-14-4-2-1-3-5-14/h1-10H,11H2,(H,18,19)/b17-10+. The number of hydrogen-bond acceptors (Lipinski definition) is 3. The number of benzene rings is 2. The Balaban J connectivity index is 1.76. The van der Waals surface area contributed by atoms with Crippen LogP contribution in [0.2, 0.25) is 0 Å². The lowest BCUT2D eigenvalue weighted by atomic mass is 10.2. The highest BCUT2D eigenvalue weighted by molar-refractivity contribution is 5.82. The molecule has 0 heterocycles. The number of nitrogens with zero attached hydrogens (tertiary/aromatic N) is 1. The molecule has 2 rings (SSSR count). The van der Waals surface area contributed by atoms with E-state index in [0.29, 0.717) is 11.3 Å². The highest BCUT2D eigenvalue weighted by atomic mass is 19.1. The summed E-state index contributed by atoms with van der Waals surface area (Å²) in [5.74, 6) is -0.0696. The zero-order chi connectivity index (χ0) is 14.2. The van der Waals surface area contributed by atoms with Gasteiger partial charge < -0.3 is 4.74 Å². The topological polar surface area (TPSA) is 50.7 Å². The van der Waals surface area contributed by atoms with Gasteiger partial charge in [-0.1, -0.05) is 30.3 Å². The normalized spacial score (nSPS) is 10.4. The van der Waals surface area contributed by atoms with Crippen LogP contribution in [0.1, 0.15) is 5.56 Å². The van der Waals surface area contributed by atoms with Crippen LogP contribution >= 0.6 is 0 Å². The molecule has 20 heavy (non-hydrogen) atoms. The molecule has 0 saturated heterocycles. The van der Waals surface area contributed by atoms with Gasteiger partial charge in [0.05, 0.1) is 6.21 Å². The Bertz CT molecular complexity index is 583. The lowest BCUT2D eigenvalue weighted by molar-refractivity contribution is -0.123. The number of ether oxygens (including phenoxy) is 1. The van der Waals surface area contributed by atoms with Crippen LogP contribution in [-0.4, -0.2) is 18.7 Å². The predicted molar refractivity (Wildman–Crippen MR) is 74.1 cm³/mol. The third-order valence-electron chi connectivity index (χ3n) is 2.39. The second-order valence-corrected chi connectivity index (χ2v) is 3.95. The summed E-state index contributed by atoms with van der Waals surface area (Å²) in [5.41, 5.74) is 3.02. The summed E-state index contributed by atoms with van der Waals surface area (Å²) < 4.78 is 17.9. The first-order valence-electron chi connectivity index (χ1n) is 5.99. The molecule has 0 unspecified atom stereocenters. The van der Waals surface area contributed by atoms with E-state index in [1.807, 2.05) is 18.2 Å². The summed E-state index contributed by atoms with van der Waals surface area (Å²) in [7, 11) is 0. The van der Waals surface area contributed by atoms with Gasteiger partial charge in [0.1, 0.15) is 11.6 Å². The monoisotopic (exact) mass is 272 g/mol. The molecule has 0 aliphatic heterocycles. The van der Waals surface area contributed by atoms with Crippen LogP contribution < -0.4 is 10.2 Å². The van der Waals surface area contributed by atoms with Gasteiger partial charge in [-0.3, -0.25) is 4.79 Å². The molecule has 5 heteroatoms. The Hall–Kier alpha value is -2.69. The molecule has 102 valence electrons. The second kappa shape index (κ2) is 7.04. The largest absolute Gasteiger partial charge is 0.484 e. The van der Waals surface area contributed by atoms with Gasteiger partial charge in [0.15, 0.2) is 6.61 Å². The molecule has 0 spiro atoms. The van der Waals surface area contributed by atoms with E-state index < -0.39 is 0 Å². The summed E-state index contributed by atoms with van der Waals surface area (Å²) >= 11 is 0. The Labute approximate surface area is 115 Å². The van der Waals surface area contributed by atoms with E-state index in [4.69, 9.17) is 4.74 Å². The Morgan fingerprint density at radius 3 is 2.55 bits per heavy atom. The van der Waals surface area contributed by atoms with Crippen LogP contribution in [0.25, 0.3) is 0 Å². The Morgan fingerprint density at radius 2 is 1.85 bits per heavy atom. The molecule has 0 saturated carbocycles. The highest BCUT2D eigenvalue weighted by Crippen LogP contribution is 2.07. The maximum Gasteiger partial charge on any atom is 0.277 e. The number of carbonyl (C=O) groups is 1. The van der Waals surface area contributed by atoms with Gasteiger partial charge in [-0.05, 0) is 29.8 Å². The third-order valence-corrected chi connectivity index (χ3v) is 2.39. The van der Waals surface area contributed by atoms with Crippen molar-refractivity contribution in [1.82, 2.24) is 5.43 Å². The summed E-state index contributed by atoms with van der Waals surface area (Å²) in [6.07, 6.45) is 1.43. The van der Waals surface area contributed by atoms with Crippen LogP contribution in [0.15, 0.2) is 59.7 Å². The number of nitrogens with one attached hydrogen (secondary N) is 1. The van der Waals surface area contributed by atoms with Crippen LogP contribution in [0.3, 0.4) is 0 Å². The molecule has 4 nitrogen and oxygen atoms in total. The summed E-state index contributed by atoms with van der Waals surface area (Å²) in [4.78, 5) is 11.5. The Morgan fingerprint density at radius 1 is 1.15 bits per heavy atom. The number of amides is 1. The van der Waals surface area contributed by atoms with Gasteiger partial charge in [0.25, 0.3) is 5.91 Å². The third kappa shape index (κ3) is 4.53. The maximum atomic E-state index is 12.7. The number of hydrazone groups is 1. The van der Waals surface area contributed by atoms with Gasteiger partial charge in [-0.2, -0.15) is 5.10 Å². The fourth-order valence-corrected chi connectivity index (χ4v) is 1.43. The molecule has 2 aromatic carbocycles. The van der Waals surface area contributed by atoms with Crippen molar-refractivity contribution < 1.29 is 13.9 Å². The molecular formula is C15H13FN2O2. The van der Waals surface area contributed by atoms with Crippen LogP contribution in [-0.2, 0) is 4.79 Å². The fraction of sp³-hybridized carbons (Fsp3) is 0.0667. The molecule has 0 bridgehead atoms. The first kappa shape index (κ1) is 13.7. The van der Waals surface area contributed by atoms with Crippen molar-refractivity contribution in [2.45, 2.75) is 0 Å². The second-order valence-electron chi connectivity index (χ2n) is 3.95. The van der Waals surface area contributed by atoms with E-state index in [-0.39, 0.29) is 18.3 Å². The molecule has 0 atom stereocenters. The average Bonchev–Trinajstić information content (AvgIpc) is 2.48. The number of hydrogen-bond donors (Lipinski definition) is 1. The van der Waals surface area contributed by atoms with E-state index in [2.05, 4.69) is 10.5 Å². The Kier molecular flexibility index (Phi) is 4.83. The predicted octanol–water partition coefficient (Wildman–Crippen LogP) is 2.35. The van der Waals surface area contributed by atoms with Gasteiger partial charge in [0, 0.05) is 0 Å². The molecule has 0 aliphatic carbocycles. The lowest BCUT2D eigenvalue weighted by Crippen LogP contribution is -2.24. The minimum Gasteiger partial charge on any atom is -0.484 e. The average molecular weight is 272 g/mol. The van der Waals surface area contributed by atoms with Crippen molar-refractivity contribution >= 4 is 12.1 Å². The molecule has 0 aliphatic rings. The van der Waals surface area contributed by atoms with Crippen molar-refractivity contribution in [3.05, 3.63) is 66.0 Å². The first-order valence-corrected chi connectivity index (χ1v) is 5.99. The number of carbonyl (C=O) groups excluding carboxylic acids is 1. The minimum atomic E-state index is -0.368. The van der Waals surface area contributed by atoms with Crippen LogP contribution in [0.5, 0.6) is 5.75 Å². The van der Waals surface area contributed by atoms with E-state index in [1.165, 1.54) is 18.3 Å². The van der Waals surface area contributed by atoms with E-state index in [0.717, 1.165) is 0 Å². The highest BCUT2D eigenvalue weighted by Gasteiger charge is 2.00.